The van der Waals surface area contributed by atoms with Crippen molar-refractivity contribution in [3.05, 3.63) is 66.0 Å². The zero-order chi connectivity index (χ0) is 19.9. The Morgan fingerprint density at radius 2 is 1.93 bits per heavy atom. The van der Waals surface area contributed by atoms with Crippen LogP contribution in [0.5, 0.6) is 0 Å². The maximum atomic E-state index is 13.1. The summed E-state index contributed by atoms with van der Waals surface area (Å²) >= 11 is 0. The second kappa shape index (κ2) is 9.12. The van der Waals surface area contributed by atoms with Crippen LogP contribution in [0.1, 0.15) is 12.0 Å². The number of benzene rings is 2. The molecule has 7 heteroatoms. The third-order valence-corrected chi connectivity index (χ3v) is 4.51. The Morgan fingerprint density at radius 1 is 1.14 bits per heavy atom. The van der Waals surface area contributed by atoms with Crippen molar-refractivity contribution in [1.82, 2.24) is 4.90 Å². The largest absolute Gasteiger partial charge is 0.455 e. The monoisotopic (exact) mass is 384 g/mol. The molecule has 2 amide bonds. The fourth-order valence-electron chi connectivity index (χ4n) is 3.07. The van der Waals surface area contributed by atoms with E-state index in [1.165, 1.54) is 24.3 Å². The molecule has 0 unspecified atom stereocenters. The van der Waals surface area contributed by atoms with Gasteiger partial charge in [-0.1, -0.05) is 36.4 Å². The average Bonchev–Trinajstić information content (AvgIpc) is 3.06. The first-order valence-electron chi connectivity index (χ1n) is 9.05. The number of ether oxygens (including phenoxy) is 1. The maximum absolute atomic E-state index is 13.1. The quantitative estimate of drug-likeness (QED) is 0.744. The fraction of sp³-hybridized carbons (Fsp3) is 0.286. The number of halogens is 1. The fourth-order valence-corrected chi connectivity index (χ4v) is 3.07. The molecule has 0 spiro atoms. The van der Waals surface area contributed by atoms with Crippen LogP contribution in [0.4, 0.5) is 10.1 Å². The molecule has 0 aromatic heterocycles. The van der Waals surface area contributed by atoms with Crippen molar-refractivity contribution in [3.63, 3.8) is 0 Å². The van der Waals surface area contributed by atoms with Gasteiger partial charge >= 0.3 is 5.97 Å². The lowest BCUT2D eigenvalue weighted by Gasteiger charge is -2.16. The lowest BCUT2D eigenvalue weighted by molar-refractivity contribution is -0.151. The van der Waals surface area contributed by atoms with Gasteiger partial charge < -0.3 is 15.0 Å². The number of carbonyl (C=O) groups is 3. The summed E-state index contributed by atoms with van der Waals surface area (Å²) in [6, 6.07) is 15.2. The van der Waals surface area contributed by atoms with Crippen LogP contribution in [0.3, 0.4) is 0 Å². The number of anilines is 1. The normalized spacial score (nSPS) is 16.1. The number of likely N-dealkylation sites (tertiary alicyclic amines) is 1. The Morgan fingerprint density at radius 3 is 2.68 bits per heavy atom. The Bertz CT molecular complexity index is 856. The summed E-state index contributed by atoms with van der Waals surface area (Å²) in [7, 11) is 0. The summed E-state index contributed by atoms with van der Waals surface area (Å²) < 4.78 is 18.1. The van der Waals surface area contributed by atoms with Gasteiger partial charge in [0.15, 0.2) is 6.61 Å². The first-order valence-corrected chi connectivity index (χ1v) is 9.05. The second-order valence-corrected chi connectivity index (χ2v) is 6.64. The molecule has 28 heavy (non-hydrogen) atoms. The van der Waals surface area contributed by atoms with E-state index in [0.717, 1.165) is 5.56 Å². The molecule has 0 aliphatic carbocycles. The molecule has 1 aliphatic rings. The number of hydrogen-bond donors (Lipinski definition) is 1. The zero-order valence-electron chi connectivity index (χ0n) is 15.3. The van der Waals surface area contributed by atoms with Gasteiger partial charge in [0.2, 0.25) is 5.91 Å². The summed E-state index contributed by atoms with van der Waals surface area (Å²) in [5.41, 5.74) is 1.40. The molecular formula is C21H21FN2O4. The van der Waals surface area contributed by atoms with E-state index < -0.39 is 30.2 Å². The van der Waals surface area contributed by atoms with Crippen LogP contribution in [0.2, 0.25) is 0 Å². The van der Waals surface area contributed by atoms with Crippen LogP contribution in [0.25, 0.3) is 0 Å². The minimum absolute atomic E-state index is 0.0825. The molecule has 0 bridgehead atoms. The first-order chi connectivity index (χ1) is 13.5. The van der Waals surface area contributed by atoms with Crippen LogP contribution >= 0.6 is 0 Å². The van der Waals surface area contributed by atoms with Crippen LogP contribution < -0.4 is 5.32 Å². The second-order valence-electron chi connectivity index (χ2n) is 6.64. The number of nitrogens with zero attached hydrogens (tertiary/aromatic N) is 1. The number of rotatable bonds is 7. The van der Waals surface area contributed by atoms with Crippen molar-refractivity contribution in [2.24, 2.45) is 5.92 Å². The third-order valence-electron chi connectivity index (χ3n) is 4.51. The van der Waals surface area contributed by atoms with E-state index >= 15 is 0 Å². The molecule has 1 N–H and O–H groups in total. The molecule has 0 radical (unpaired) electrons. The molecule has 6 nitrogen and oxygen atoms in total. The van der Waals surface area contributed by atoms with Crippen LogP contribution in [-0.4, -0.2) is 42.4 Å². The van der Waals surface area contributed by atoms with E-state index in [0.29, 0.717) is 13.0 Å². The number of hydrogen-bond acceptors (Lipinski definition) is 4. The summed E-state index contributed by atoms with van der Waals surface area (Å²) in [5, 5.41) is 2.45. The molecule has 2 aromatic carbocycles. The number of esters is 1. The van der Waals surface area contributed by atoms with Gasteiger partial charge in [-0.15, -0.1) is 0 Å². The molecule has 2 aromatic rings. The van der Waals surface area contributed by atoms with Crippen LogP contribution in [0.15, 0.2) is 54.6 Å². The molecule has 0 saturated carbocycles. The van der Waals surface area contributed by atoms with Gasteiger partial charge in [0.1, 0.15) is 5.82 Å². The number of carbonyl (C=O) groups excluding carboxylic acids is 3. The highest BCUT2D eigenvalue weighted by Gasteiger charge is 2.35. The van der Waals surface area contributed by atoms with Crippen molar-refractivity contribution in [2.45, 2.75) is 12.8 Å². The Balaban J connectivity index is 1.43. The highest BCUT2D eigenvalue weighted by Crippen LogP contribution is 2.20. The van der Waals surface area contributed by atoms with E-state index in [4.69, 9.17) is 4.74 Å². The summed E-state index contributed by atoms with van der Waals surface area (Å²) in [5.74, 6) is -2.30. The average molecular weight is 384 g/mol. The maximum Gasteiger partial charge on any atom is 0.311 e. The Labute approximate surface area is 162 Å². The molecule has 1 fully saturated rings. The minimum Gasteiger partial charge on any atom is -0.455 e. The standard InChI is InChI=1S/C21H21FN2O4/c22-17-7-4-8-18(12-17)23-19(25)14-28-21(27)16-11-20(26)24(13-16)10-9-15-5-2-1-3-6-15/h1-8,12,16H,9-11,13-14H2,(H,23,25)/t16-/m1/s1. The van der Waals surface area contributed by atoms with E-state index in [-0.39, 0.29) is 24.6 Å². The predicted octanol–water partition coefficient (Wildman–Crippen LogP) is 2.40. The van der Waals surface area contributed by atoms with Gasteiger partial charge in [0.05, 0.1) is 5.92 Å². The zero-order valence-corrected chi connectivity index (χ0v) is 15.3. The Hall–Kier alpha value is -3.22. The molecule has 1 atom stereocenters. The van der Waals surface area contributed by atoms with Crippen molar-refractivity contribution in [3.8, 4) is 0 Å². The van der Waals surface area contributed by atoms with Crippen LogP contribution in [-0.2, 0) is 25.5 Å². The highest BCUT2D eigenvalue weighted by molar-refractivity contribution is 5.93. The van der Waals surface area contributed by atoms with Crippen LogP contribution in [0, 0.1) is 11.7 Å². The van der Waals surface area contributed by atoms with Crippen molar-refractivity contribution in [2.75, 3.05) is 25.0 Å². The SMILES string of the molecule is O=C(COC(=O)[C@@H]1CC(=O)N(CCc2ccccc2)C1)Nc1cccc(F)c1. The van der Waals surface area contributed by atoms with E-state index in [1.54, 1.807) is 4.90 Å². The predicted molar refractivity (Wildman–Crippen MR) is 101 cm³/mol. The Kier molecular flexibility index (Phi) is 6.37. The van der Waals surface area contributed by atoms with Gasteiger partial charge in [-0.2, -0.15) is 0 Å². The highest BCUT2D eigenvalue weighted by atomic mass is 19.1. The summed E-state index contributed by atoms with van der Waals surface area (Å²) in [4.78, 5) is 37.8. The molecule has 3 rings (SSSR count). The molecule has 1 saturated heterocycles. The first kappa shape index (κ1) is 19.5. The van der Waals surface area contributed by atoms with Gasteiger partial charge in [0.25, 0.3) is 5.91 Å². The summed E-state index contributed by atoms with van der Waals surface area (Å²) in [6.07, 6.45) is 0.795. The summed E-state index contributed by atoms with van der Waals surface area (Å²) in [6.45, 7) is 0.340. The third kappa shape index (κ3) is 5.39. The van der Waals surface area contributed by atoms with Crippen molar-refractivity contribution >= 4 is 23.5 Å². The molecule has 1 aliphatic heterocycles. The number of amides is 2. The lowest BCUT2D eigenvalue weighted by atomic mass is 10.1. The smallest absolute Gasteiger partial charge is 0.311 e. The number of nitrogens with one attached hydrogen (secondary N) is 1. The topological polar surface area (TPSA) is 75.7 Å². The van der Waals surface area contributed by atoms with Gasteiger partial charge in [0, 0.05) is 25.2 Å². The van der Waals surface area contributed by atoms with Gasteiger partial charge in [-0.25, -0.2) is 4.39 Å². The lowest BCUT2D eigenvalue weighted by Crippen LogP contribution is -2.29. The molecule has 146 valence electrons. The van der Waals surface area contributed by atoms with Crippen molar-refractivity contribution in [1.29, 1.82) is 0 Å². The molecular weight excluding hydrogens is 363 g/mol. The van der Waals surface area contributed by atoms with Gasteiger partial charge in [-0.3, -0.25) is 14.4 Å². The molecule has 1 heterocycles. The van der Waals surface area contributed by atoms with E-state index in [9.17, 15) is 18.8 Å². The van der Waals surface area contributed by atoms with E-state index in [2.05, 4.69) is 5.32 Å². The van der Waals surface area contributed by atoms with Crippen molar-refractivity contribution < 1.29 is 23.5 Å². The van der Waals surface area contributed by atoms with E-state index in [1.807, 2.05) is 30.3 Å². The van der Waals surface area contributed by atoms with Gasteiger partial charge in [-0.05, 0) is 30.2 Å². The minimum atomic E-state index is -0.579.